The number of nitrogens with zero attached hydrogens (tertiary/aromatic N) is 2. The van der Waals surface area contributed by atoms with Gasteiger partial charge in [0.25, 0.3) is 0 Å². The van der Waals surface area contributed by atoms with E-state index in [0.717, 1.165) is 24.3 Å². The van der Waals surface area contributed by atoms with Crippen molar-refractivity contribution in [2.75, 3.05) is 16.8 Å². The first kappa shape index (κ1) is 15.9. The number of aryl methyl sites for hydroxylation is 1. The van der Waals surface area contributed by atoms with E-state index in [1.54, 1.807) is 0 Å². The van der Waals surface area contributed by atoms with Crippen LogP contribution in [0.25, 0.3) is 0 Å². The maximum absolute atomic E-state index is 11.6. The summed E-state index contributed by atoms with van der Waals surface area (Å²) in [6.07, 6.45) is 3.42. The van der Waals surface area contributed by atoms with Crippen LogP contribution in [0, 0.1) is 0 Å². The number of unbranched alkanes of at least 4 members (excludes halogenated alkanes) is 1. The van der Waals surface area contributed by atoms with E-state index < -0.39 is 0 Å². The van der Waals surface area contributed by atoms with Gasteiger partial charge in [0.1, 0.15) is 5.01 Å². The van der Waals surface area contributed by atoms with Crippen molar-refractivity contribution in [3.8, 4) is 0 Å². The van der Waals surface area contributed by atoms with E-state index in [9.17, 15) is 9.59 Å². The van der Waals surface area contributed by atoms with E-state index in [-0.39, 0.29) is 17.6 Å². The van der Waals surface area contributed by atoms with Crippen molar-refractivity contribution in [2.24, 2.45) is 5.73 Å². The Labute approximate surface area is 120 Å². The zero-order valence-corrected chi connectivity index (χ0v) is 12.5. The van der Waals surface area contributed by atoms with Gasteiger partial charge < -0.3 is 11.1 Å². The fourth-order valence-electron chi connectivity index (χ4n) is 1.25. The minimum Gasteiger partial charge on any atom is -0.369 e. The van der Waals surface area contributed by atoms with E-state index in [1.807, 2.05) is 0 Å². The van der Waals surface area contributed by atoms with Crippen LogP contribution in [0.2, 0.25) is 0 Å². The van der Waals surface area contributed by atoms with Gasteiger partial charge in [-0.15, -0.1) is 10.2 Å². The molecular formula is C11H18N4O2S2. The zero-order chi connectivity index (χ0) is 14.1. The maximum Gasteiger partial charge on any atom is 0.227 e. The van der Waals surface area contributed by atoms with E-state index >= 15 is 0 Å². The van der Waals surface area contributed by atoms with Crippen LogP contribution in [0.1, 0.15) is 31.2 Å². The second-order valence-corrected chi connectivity index (χ2v) is 6.09. The SMILES string of the molecule is CCCCc1nnc(NC(=O)CCSCC(N)=O)s1. The normalized spacial score (nSPS) is 10.4. The molecule has 0 aliphatic carbocycles. The van der Waals surface area contributed by atoms with E-state index in [2.05, 4.69) is 22.4 Å². The Hall–Kier alpha value is -1.15. The van der Waals surface area contributed by atoms with Gasteiger partial charge in [-0.25, -0.2) is 0 Å². The van der Waals surface area contributed by atoms with Crippen LogP contribution in [0.5, 0.6) is 0 Å². The number of nitrogens with one attached hydrogen (secondary N) is 1. The second-order valence-electron chi connectivity index (χ2n) is 3.92. The lowest BCUT2D eigenvalue weighted by Crippen LogP contribution is -2.15. The zero-order valence-electron chi connectivity index (χ0n) is 10.8. The third kappa shape index (κ3) is 7.12. The van der Waals surface area contributed by atoms with Crippen LogP contribution >= 0.6 is 23.1 Å². The predicted octanol–water partition coefficient (Wildman–Crippen LogP) is 1.43. The third-order valence-corrected chi connectivity index (χ3v) is 4.06. The summed E-state index contributed by atoms with van der Waals surface area (Å²) >= 11 is 2.76. The van der Waals surface area contributed by atoms with Gasteiger partial charge in [-0.1, -0.05) is 24.7 Å². The topological polar surface area (TPSA) is 98.0 Å². The molecule has 0 saturated heterocycles. The quantitative estimate of drug-likeness (QED) is 0.672. The largest absolute Gasteiger partial charge is 0.369 e. The number of nitrogens with two attached hydrogens (primary N) is 1. The number of rotatable bonds is 9. The molecule has 0 spiro atoms. The van der Waals surface area contributed by atoms with Gasteiger partial charge in [-0.05, 0) is 6.42 Å². The fourth-order valence-corrected chi connectivity index (χ4v) is 2.73. The van der Waals surface area contributed by atoms with E-state index in [1.165, 1.54) is 23.1 Å². The summed E-state index contributed by atoms with van der Waals surface area (Å²) < 4.78 is 0. The van der Waals surface area contributed by atoms with Gasteiger partial charge in [0, 0.05) is 18.6 Å². The molecule has 19 heavy (non-hydrogen) atoms. The minimum absolute atomic E-state index is 0.116. The average molecular weight is 302 g/mol. The molecule has 106 valence electrons. The van der Waals surface area contributed by atoms with Crippen molar-refractivity contribution in [1.82, 2.24) is 10.2 Å². The Morgan fingerprint density at radius 1 is 1.42 bits per heavy atom. The molecule has 0 aliphatic rings. The molecule has 0 aromatic carbocycles. The van der Waals surface area contributed by atoms with Gasteiger partial charge in [0.2, 0.25) is 16.9 Å². The smallest absolute Gasteiger partial charge is 0.227 e. The van der Waals surface area contributed by atoms with Gasteiger partial charge in [-0.2, -0.15) is 11.8 Å². The maximum atomic E-state index is 11.6. The summed E-state index contributed by atoms with van der Waals surface area (Å²) in [5.41, 5.74) is 5.00. The number of amides is 2. The Balaban J connectivity index is 2.24. The summed E-state index contributed by atoms with van der Waals surface area (Å²) in [7, 11) is 0. The lowest BCUT2D eigenvalue weighted by Gasteiger charge is -2.00. The van der Waals surface area contributed by atoms with Gasteiger partial charge in [-0.3, -0.25) is 9.59 Å². The Kier molecular flexibility index (Phi) is 7.42. The van der Waals surface area contributed by atoms with Crippen molar-refractivity contribution >= 4 is 40.0 Å². The molecule has 0 unspecified atom stereocenters. The van der Waals surface area contributed by atoms with Crippen LogP contribution < -0.4 is 11.1 Å². The molecule has 1 rings (SSSR count). The van der Waals surface area contributed by atoms with Crippen LogP contribution in [0.3, 0.4) is 0 Å². The van der Waals surface area contributed by atoms with E-state index in [0.29, 0.717) is 17.3 Å². The van der Waals surface area contributed by atoms with Crippen LogP contribution in [0.15, 0.2) is 0 Å². The van der Waals surface area contributed by atoms with E-state index in [4.69, 9.17) is 5.73 Å². The monoisotopic (exact) mass is 302 g/mol. The number of thioether (sulfide) groups is 1. The number of hydrogen-bond donors (Lipinski definition) is 2. The van der Waals surface area contributed by atoms with Crippen molar-refractivity contribution < 1.29 is 9.59 Å². The lowest BCUT2D eigenvalue weighted by molar-refractivity contribution is -0.116. The van der Waals surface area contributed by atoms with Gasteiger partial charge in [0.15, 0.2) is 0 Å². The second kappa shape index (κ2) is 8.87. The number of primary amides is 1. The van der Waals surface area contributed by atoms with Crippen molar-refractivity contribution in [3.63, 3.8) is 0 Å². The van der Waals surface area contributed by atoms with Gasteiger partial charge >= 0.3 is 0 Å². The minimum atomic E-state index is -0.366. The molecule has 0 saturated carbocycles. The summed E-state index contributed by atoms with van der Waals surface area (Å²) in [6, 6.07) is 0. The van der Waals surface area contributed by atoms with Crippen molar-refractivity contribution in [2.45, 2.75) is 32.6 Å². The number of hydrogen-bond acceptors (Lipinski definition) is 6. The summed E-state index contributed by atoms with van der Waals surface area (Å²) in [5, 5.41) is 12.1. The highest BCUT2D eigenvalue weighted by molar-refractivity contribution is 7.99. The summed E-state index contributed by atoms with van der Waals surface area (Å²) in [4.78, 5) is 22.1. The Morgan fingerprint density at radius 2 is 2.21 bits per heavy atom. The molecular weight excluding hydrogens is 284 g/mol. The molecule has 8 heteroatoms. The standard InChI is InChI=1S/C11H18N4O2S2/c1-2-3-4-10-14-15-11(19-10)13-9(17)5-6-18-7-8(12)16/h2-7H2,1H3,(H2,12,16)(H,13,15,17). The molecule has 1 aromatic heterocycles. The molecule has 6 nitrogen and oxygen atoms in total. The van der Waals surface area contributed by atoms with Gasteiger partial charge in [0.05, 0.1) is 5.75 Å². The molecule has 0 fully saturated rings. The molecule has 1 heterocycles. The highest BCUT2D eigenvalue weighted by atomic mass is 32.2. The van der Waals surface area contributed by atoms with Crippen molar-refractivity contribution in [3.05, 3.63) is 5.01 Å². The molecule has 3 N–H and O–H groups in total. The van der Waals surface area contributed by atoms with Crippen LogP contribution in [-0.4, -0.2) is 33.5 Å². The molecule has 0 radical (unpaired) electrons. The number of carbonyl (C=O) groups excluding carboxylic acids is 2. The number of carbonyl (C=O) groups is 2. The number of anilines is 1. The highest BCUT2D eigenvalue weighted by Crippen LogP contribution is 2.17. The Bertz CT molecular complexity index is 423. The lowest BCUT2D eigenvalue weighted by atomic mass is 10.3. The summed E-state index contributed by atoms with van der Waals surface area (Å²) in [6.45, 7) is 2.12. The van der Waals surface area contributed by atoms with Crippen LogP contribution in [0.4, 0.5) is 5.13 Å². The Morgan fingerprint density at radius 3 is 2.89 bits per heavy atom. The first-order valence-corrected chi connectivity index (χ1v) is 8.07. The van der Waals surface area contributed by atoms with Crippen LogP contribution in [-0.2, 0) is 16.0 Å². The predicted molar refractivity (Wildman–Crippen MR) is 78.3 cm³/mol. The molecule has 0 atom stereocenters. The first-order valence-electron chi connectivity index (χ1n) is 6.10. The highest BCUT2D eigenvalue weighted by Gasteiger charge is 2.08. The first-order chi connectivity index (χ1) is 9.11. The molecule has 0 aliphatic heterocycles. The molecule has 1 aromatic rings. The molecule has 0 bridgehead atoms. The fraction of sp³-hybridized carbons (Fsp3) is 0.636. The number of aromatic nitrogens is 2. The molecule has 2 amide bonds. The third-order valence-electron chi connectivity index (χ3n) is 2.18. The average Bonchev–Trinajstić information content (AvgIpc) is 2.79. The summed E-state index contributed by atoms with van der Waals surface area (Å²) in [5.74, 6) is 0.328. The van der Waals surface area contributed by atoms with Crippen molar-refractivity contribution in [1.29, 1.82) is 0 Å².